The maximum Gasteiger partial charge on any atom is 0.257 e. The first-order valence-electron chi connectivity index (χ1n) is 9.18. The summed E-state index contributed by atoms with van der Waals surface area (Å²) in [5.74, 6) is -0.811. The molecule has 6 nitrogen and oxygen atoms in total. The van der Waals surface area contributed by atoms with Crippen LogP contribution in [0.25, 0.3) is 0 Å². The quantitative estimate of drug-likeness (QED) is 0.704. The van der Waals surface area contributed by atoms with E-state index in [9.17, 15) is 14.0 Å². The number of anilines is 2. The first kappa shape index (κ1) is 19.2. The lowest BCUT2D eigenvalue weighted by molar-refractivity contribution is -0.117. The fourth-order valence-electron chi connectivity index (χ4n) is 3.24. The maximum absolute atomic E-state index is 13.0. The molecule has 148 valence electrons. The number of carbonyl (C=O) groups excluding carboxylic acids is 2. The number of amides is 2. The van der Waals surface area contributed by atoms with Gasteiger partial charge in [0.05, 0.1) is 0 Å². The molecule has 1 aliphatic rings. The van der Waals surface area contributed by atoms with Crippen molar-refractivity contribution in [3.8, 4) is 0 Å². The molecule has 2 heterocycles. The molecule has 29 heavy (non-hydrogen) atoms. The predicted molar refractivity (Wildman–Crippen MR) is 110 cm³/mol. The van der Waals surface area contributed by atoms with Crippen molar-refractivity contribution in [2.45, 2.75) is 26.2 Å². The highest BCUT2D eigenvalue weighted by molar-refractivity contribution is 7.15. The Bertz CT molecular complexity index is 1080. The van der Waals surface area contributed by atoms with E-state index < -0.39 is 5.82 Å². The zero-order valence-corrected chi connectivity index (χ0v) is 16.8. The molecule has 1 N–H and O–H groups in total. The molecule has 1 aromatic heterocycles. The lowest BCUT2D eigenvalue weighted by Crippen LogP contribution is -2.24. The number of nitrogens with one attached hydrogen (secondary N) is 1. The SMILES string of the molecule is Cc1ccc(N2C[C@H](c3nnc(NC(=O)c4ccc(F)cc4)s3)CC2=O)cc1C. The second kappa shape index (κ2) is 7.71. The Kier molecular flexibility index (Phi) is 5.10. The van der Waals surface area contributed by atoms with Crippen LogP contribution in [0, 0.1) is 19.7 Å². The van der Waals surface area contributed by atoms with Gasteiger partial charge in [0, 0.05) is 30.1 Å². The Morgan fingerprint density at radius 3 is 2.62 bits per heavy atom. The zero-order valence-electron chi connectivity index (χ0n) is 16.0. The van der Waals surface area contributed by atoms with Crippen LogP contribution in [0.4, 0.5) is 15.2 Å². The molecule has 1 atom stereocenters. The highest BCUT2D eigenvalue weighted by atomic mass is 32.1. The number of rotatable bonds is 4. The van der Waals surface area contributed by atoms with Crippen LogP contribution in [0.3, 0.4) is 0 Å². The summed E-state index contributed by atoms with van der Waals surface area (Å²) < 4.78 is 13.0. The van der Waals surface area contributed by atoms with Crippen molar-refractivity contribution >= 4 is 34.0 Å². The average molecular weight is 410 g/mol. The fourth-order valence-corrected chi connectivity index (χ4v) is 4.07. The standard InChI is InChI=1S/C21H19FN4O2S/c1-12-3-8-17(9-13(12)2)26-11-15(10-18(26)27)20-24-25-21(29-20)23-19(28)14-4-6-16(22)7-5-14/h3-9,15H,10-11H2,1-2H3,(H,23,25,28)/t15-/m1/s1. The van der Waals surface area contributed by atoms with Gasteiger partial charge in [-0.25, -0.2) is 4.39 Å². The van der Waals surface area contributed by atoms with Gasteiger partial charge in [-0.05, 0) is 61.4 Å². The number of nitrogens with zero attached hydrogens (tertiary/aromatic N) is 3. The van der Waals surface area contributed by atoms with Crippen LogP contribution in [0.5, 0.6) is 0 Å². The van der Waals surface area contributed by atoms with Gasteiger partial charge in [-0.15, -0.1) is 10.2 Å². The molecule has 2 amide bonds. The van der Waals surface area contributed by atoms with E-state index in [0.717, 1.165) is 11.3 Å². The predicted octanol–water partition coefficient (Wildman–Crippen LogP) is 4.07. The summed E-state index contributed by atoms with van der Waals surface area (Å²) in [6.45, 7) is 4.59. The minimum atomic E-state index is -0.404. The summed E-state index contributed by atoms with van der Waals surface area (Å²) in [6, 6.07) is 11.3. The molecule has 2 aromatic carbocycles. The van der Waals surface area contributed by atoms with Crippen molar-refractivity contribution in [1.82, 2.24) is 10.2 Å². The number of hydrogen-bond donors (Lipinski definition) is 1. The van der Waals surface area contributed by atoms with Gasteiger partial charge >= 0.3 is 0 Å². The first-order chi connectivity index (χ1) is 13.9. The van der Waals surface area contributed by atoms with E-state index in [1.807, 2.05) is 32.0 Å². The summed E-state index contributed by atoms with van der Waals surface area (Å²) in [4.78, 5) is 26.6. The van der Waals surface area contributed by atoms with Crippen molar-refractivity contribution in [2.24, 2.45) is 0 Å². The minimum Gasteiger partial charge on any atom is -0.312 e. The van der Waals surface area contributed by atoms with Crippen LogP contribution in [-0.2, 0) is 4.79 Å². The third kappa shape index (κ3) is 4.02. The molecule has 0 unspecified atom stereocenters. The number of benzene rings is 2. The van der Waals surface area contributed by atoms with Gasteiger partial charge in [-0.2, -0.15) is 0 Å². The summed E-state index contributed by atoms with van der Waals surface area (Å²) >= 11 is 1.25. The van der Waals surface area contributed by atoms with E-state index in [1.54, 1.807) is 4.90 Å². The molecule has 0 spiro atoms. The largest absolute Gasteiger partial charge is 0.312 e. The number of aryl methyl sites for hydroxylation is 2. The Balaban J connectivity index is 1.45. The number of hydrogen-bond acceptors (Lipinski definition) is 5. The molecule has 0 saturated carbocycles. The molecule has 0 aliphatic carbocycles. The summed E-state index contributed by atoms with van der Waals surface area (Å²) in [5, 5.41) is 11.9. The molecule has 1 aliphatic heterocycles. The Morgan fingerprint density at radius 2 is 1.90 bits per heavy atom. The summed E-state index contributed by atoms with van der Waals surface area (Å²) in [5.41, 5.74) is 3.54. The number of aromatic nitrogens is 2. The molecule has 8 heteroatoms. The van der Waals surface area contributed by atoms with Crippen molar-refractivity contribution in [2.75, 3.05) is 16.8 Å². The fraction of sp³-hybridized carbons (Fsp3) is 0.238. The molecule has 1 saturated heterocycles. The molecule has 3 aromatic rings. The Labute approximate surface area is 171 Å². The van der Waals surface area contributed by atoms with Crippen molar-refractivity contribution < 1.29 is 14.0 Å². The van der Waals surface area contributed by atoms with Gasteiger partial charge in [-0.3, -0.25) is 14.9 Å². The molecular formula is C21H19FN4O2S. The van der Waals surface area contributed by atoms with Gasteiger partial charge in [0.25, 0.3) is 5.91 Å². The van der Waals surface area contributed by atoms with Crippen LogP contribution in [-0.4, -0.2) is 28.6 Å². The number of halogens is 1. The maximum atomic E-state index is 13.0. The molecule has 0 bridgehead atoms. The van der Waals surface area contributed by atoms with E-state index in [1.165, 1.54) is 41.2 Å². The molecule has 1 fully saturated rings. The van der Waals surface area contributed by atoms with Gasteiger partial charge in [0.15, 0.2) is 0 Å². The summed E-state index contributed by atoms with van der Waals surface area (Å²) in [7, 11) is 0. The van der Waals surface area contributed by atoms with E-state index in [4.69, 9.17) is 0 Å². The van der Waals surface area contributed by atoms with E-state index >= 15 is 0 Å². The lowest BCUT2D eigenvalue weighted by Gasteiger charge is -2.17. The zero-order chi connectivity index (χ0) is 20.5. The highest BCUT2D eigenvalue weighted by Gasteiger charge is 2.34. The Hall–Kier alpha value is -3.13. The normalized spacial score (nSPS) is 16.3. The number of carbonyl (C=O) groups is 2. The van der Waals surface area contributed by atoms with Gasteiger partial charge < -0.3 is 4.90 Å². The first-order valence-corrected chi connectivity index (χ1v) is 10.0. The smallest absolute Gasteiger partial charge is 0.257 e. The second-order valence-electron chi connectivity index (χ2n) is 7.08. The van der Waals surface area contributed by atoms with Crippen LogP contribution >= 0.6 is 11.3 Å². The van der Waals surface area contributed by atoms with Gasteiger partial charge in [0.2, 0.25) is 11.0 Å². The van der Waals surface area contributed by atoms with Crippen molar-refractivity contribution in [3.63, 3.8) is 0 Å². The van der Waals surface area contributed by atoms with Crippen molar-refractivity contribution in [1.29, 1.82) is 0 Å². The van der Waals surface area contributed by atoms with E-state index in [0.29, 0.717) is 28.7 Å². The third-order valence-electron chi connectivity index (χ3n) is 5.04. The van der Waals surface area contributed by atoms with E-state index in [-0.39, 0.29) is 17.7 Å². The monoisotopic (exact) mass is 410 g/mol. The van der Waals surface area contributed by atoms with Gasteiger partial charge in [-0.1, -0.05) is 17.4 Å². The van der Waals surface area contributed by atoms with Crippen LogP contribution < -0.4 is 10.2 Å². The second-order valence-corrected chi connectivity index (χ2v) is 8.09. The van der Waals surface area contributed by atoms with Gasteiger partial charge in [0.1, 0.15) is 10.8 Å². The molecule has 0 radical (unpaired) electrons. The third-order valence-corrected chi connectivity index (χ3v) is 6.05. The lowest BCUT2D eigenvalue weighted by atomic mass is 10.1. The topological polar surface area (TPSA) is 75.2 Å². The van der Waals surface area contributed by atoms with Crippen LogP contribution in [0.1, 0.15) is 38.8 Å². The van der Waals surface area contributed by atoms with Crippen LogP contribution in [0.15, 0.2) is 42.5 Å². The Morgan fingerprint density at radius 1 is 1.14 bits per heavy atom. The summed E-state index contributed by atoms with van der Waals surface area (Å²) in [6.07, 6.45) is 0.355. The van der Waals surface area contributed by atoms with E-state index in [2.05, 4.69) is 15.5 Å². The highest BCUT2D eigenvalue weighted by Crippen LogP contribution is 2.34. The minimum absolute atomic E-state index is 0.0466. The average Bonchev–Trinajstić information content (AvgIpc) is 3.31. The molecular weight excluding hydrogens is 391 g/mol. The van der Waals surface area contributed by atoms with Crippen molar-refractivity contribution in [3.05, 3.63) is 70.0 Å². The molecule has 4 rings (SSSR count). The van der Waals surface area contributed by atoms with Crippen LogP contribution in [0.2, 0.25) is 0 Å².